The summed E-state index contributed by atoms with van der Waals surface area (Å²) in [6.45, 7) is 12.8. The van der Waals surface area contributed by atoms with E-state index in [1.807, 2.05) is 20.8 Å². The standard InChI is InChI=1S/C30H33F2NO4/c1-18(2)36-28(34)25-16-20(30(5,6)7)17-26(29(35)37-19(3)4)27(25)33(23-12-8-21(31)9-13-23)24-14-10-22(32)11-15-24/h8-19H,1-7H3/q+1. The molecule has 3 rings (SSSR count). The summed E-state index contributed by atoms with van der Waals surface area (Å²) in [6, 6.07) is 14.6. The molecule has 195 valence electrons. The normalized spacial score (nSPS) is 11.8. The van der Waals surface area contributed by atoms with Gasteiger partial charge in [-0.15, -0.1) is 0 Å². The summed E-state index contributed by atoms with van der Waals surface area (Å²) in [4.78, 5) is 28.6. The largest absolute Gasteiger partial charge is 0.459 e. The maximum absolute atomic E-state index is 13.9. The zero-order chi connectivity index (χ0) is 27.5. The van der Waals surface area contributed by atoms with Crippen molar-refractivity contribution in [2.24, 2.45) is 0 Å². The van der Waals surface area contributed by atoms with E-state index in [0.29, 0.717) is 11.4 Å². The van der Waals surface area contributed by atoms with E-state index < -0.39 is 41.2 Å². The van der Waals surface area contributed by atoms with Crippen molar-refractivity contribution in [3.05, 3.63) is 89.0 Å². The smallest absolute Gasteiger partial charge is 0.344 e. The molecule has 0 aromatic heterocycles. The van der Waals surface area contributed by atoms with E-state index >= 15 is 0 Å². The molecule has 0 saturated heterocycles. The van der Waals surface area contributed by atoms with Crippen LogP contribution in [0.5, 0.6) is 0 Å². The Balaban J connectivity index is 2.46. The van der Waals surface area contributed by atoms with Gasteiger partial charge in [0.15, 0.2) is 11.4 Å². The van der Waals surface area contributed by atoms with Crippen molar-refractivity contribution >= 4 is 29.0 Å². The minimum absolute atomic E-state index is 0.130. The van der Waals surface area contributed by atoms with Gasteiger partial charge in [0.1, 0.15) is 22.8 Å². The second kappa shape index (κ2) is 11.2. The van der Waals surface area contributed by atoms with Crippen LogP contribution in [0.1, 0.15) is 74.7 Å². The summed E-state index contributed by atoms with van der Waals surface area (Å²) in [5.74, 6) is -2.18. The van der Waals surface area contributed by atoms with Gasteiger partial charge in [0, 0.05) is 24.3 Å². The van der Waals surface area contributed by atoms with E-state index in [0.717, 1.165) is 5.56 Å². The van der Waals surface area contributed by atoms with Crippen LogP contribution in [0.25, 0.3) is 0 Å². The van der Waals surface area contributed by atoms with Gasteiger partial charge in [-0.3, -0.25) is 0 Å². The molecule has 3 aromatic rings. The predicted molar refractivity (Wildman–Crippen MR) is 140 cm³/mol. The number of anilines is 3. The van der Waals surface area contributed by atoms with Gasteiger partial charge in [-0.25, -0.2) is 18.4 Å². The average molecular weight is 510 g/mol. The highest BCUT2D eigenvalue weighted by Gasteiger charge is 2.39. The Bertz CT molecular complexity index is 1170. The number of rotatable bonds is 7. The number of esters is 2. The molecule has 0 atom stereocenters. The Labute approximate surface area is 217 Å². The van der Waals surface area contributed by atoms with E-state index in [-0.39, 0.29) is 16.8 Å². The van der Waals surface area contributed by atoms with E-state index in [2.05, 4.69) is 0 Å². The fourth-order valence-electron chi connectivity index (χ4n) is 3.76. The Morgan fingerprint density at radius 3 is 1.35 bits per heavy atom. The molecule has 0 saturated carbocycles. The van der Waals surface area contributed by atoms with Crippen molar-refractivity contribution in [3.8, 4) is 0 Å². The highest BCUT2D eigenvalue weighted by molar-refractivity contribution is 6.05. The third-order valence-electron chi connectivity index (χ3n) is 5.49. The molecule has 0 heterocycles. The number of carbonyl (C=O) groups excluding carboxylic acids is 2. The van der Waals surface area contributed by atoms with Gasteiger partial charge in [-0.1, -0.05) is 25.7 Å². The van der Waals surface area contributed by atoms with Gasteiger partial charge < -0.3 is 9.47 Å². The molecule has 0 spiro atoms. The van der Waals surface area contributed by atoms with Crippen molar-refractivity contribution in [2.45, 2.75) is 66.1 Å². The van der Waals surface area contributed by atoms with E-state index in [4.69, 9.17) is 9.47 Å². The molecular weight excluding hydrogens is 476 g/mol. The first-order chi connectivity index (χ1) is 17.3. The molecule has 7 heteroatoms. The maximum atomic E-state index is 13.9. The number of carbonyl (C=O) groups is 2. The highest BCUT2D eigenvalue weighted by atomic mass is 19.1. The molecular formula is C30H33F2NO4+. The number of nitrogens with zero attached hydrogens (tertiary/aromatic N) is 1. The first kappa shape index (κ1) is 28.0. The highest BCUT2D eigenvalue weighted by Crippen LogP contribution is 2.41. The molecule has 5 nitrogen and oxygen atoms in total. The molecule has 0 fully saturated rings. The van der Waals surface area contributed by atoms with Crippen molar-refractivity contribution in [3.63, 3.8) is 0 Å². The zero-order valence-electron chi connectivity index (χ0n) is 22.3. The molecule has 0 N–H and O–H groups in total. The van der Waals surface area contributed by atoms with Crippen molar-refractivity contribution in [1.82, 2.24) is 4.90 Å². The molecule has 0 aliphatic carbocycles. The third kappa shape index (κ3) is 6.80. The summed E-state index contributed by atoms with van der Waals surface area (Å²) in [5.41, 5.74) is 1.66. The Kier molecular flexibility index (Phi) is 8.49. The van der Waals surface area contributed by atoms with Gasteiger partial charge in [-0.05, 0) is 75.1 Å². The first-order valence-electron chi connectivity index (χ1n) is 12.2. The van der Waals surface area contributed by atoms with Crippen LogP contribution in [0.15, 0.2) is 60.7 Å². The first-order valence-corrected chi connectivity index (χ1v) is 12.2. The van der Waals surface area contributed by atoms with Crippen LogP contribution in [-0.2, 0) is 14.9 Å². The van der Waals surface area contributed by atoms with Gasteiger partial charge >= 0.3 is 11.9 Å². The van der Waals surface area contributed by atoms with Crippen LogP contribution >= 0.6 is 0 Å². The summed E-state index contributed by atoms with van der Waals surface area (Å²) in [7, 11) is 0. The molecule has 1 radical (unpaired) electrons. The average Bonchev–Trinajstić information content (AvgIpc) is 2.80. The van der Waals surface area contributed by atoms with Crippen molar-refractivity contribution in [2.75, 3.05) is 0 Å². The topological polar surface area (TPSA) is 58.5 Å². The summed E-state index contributed by atoms with van der Waals surface area (Å²) in [5, 5.41) is 0. The quantitative estimate of drug-likeness (QED) is 0.241. The third-order valence-corrected chi connectivity index (χ3v) is 5.49. The van der Waals surface area contributed by atoms with Gasteiger partial charge in [0.2, 0.25) is 5.69 Å². The number of halogens is 2. The lowest BCUT2D eigenvalue weighted by atomic mass is 9.84. The SMILES string of the molecule is CC(C)OC(=O)c1cc(C(C)(C)C)cc(C(=O)OC(C)C)c1[N+](c1ccc(F)cc1)c1ccc(F)cc1. The molecule has 0 aliphatic heterocycles. The fraction of sp³-hybridized carbons (Fsp3) is 0.333. The summed E-state index contributed by atoms with van der Waals surface area (Å²) in [6.07, 6.45) is -0.843. The second-order valence-corrected chi connectivity index (χ2v) is 10.4. The lowest BCUT2D eigenvalue weighted by molar-refractivity contribution is 0.0378. The van der Waals surface area contributed by atoms with Crippen LogP contribution in [0.3, 0.4) is 0 Å². The van der Waals surface area contributed by atoms with Crippen LogP contribution < -0.4 is 4.90 Å². The molecule has 0 bridgehead atoms. The number of hydrogen-bond donors (Lipinski definition) is 0. The van der Waals surface area contributed by atoms with Gasteiger partial charge in [0.05, 0.1) is 12.2 Å². The molecule has 0 aliphatic rings. The monoisotopic (exact) mass is 509 g/mol. The van der Waals surface area contributed by atoms with E-state index in [1.54, 1.807) is 44.7 Å². The lowest BCUT2D eigenvalue weighted by Gasteiger charge is -2.24. The Morgan fingerprint density at radius 2 is 1.05 bits per heavy atom. The summed E-state index contributed by atoms with van der Waals surface area (Å²) < 4.78 is 38.9. The molecule has 0 unspecified atom stereocenters. The summed E-state index contributed by atoms with van der Waals surface area (Å²) >= 11 is 0. The number of benzene rings is 3. The van der Waals surface area contributed by atoms with Crippen LogP contribution in [0.4, 0.5) is 25.8 Å². The molecule has 3 aromatic carbocycles. The van der Waals surface area contributed by atoms with E-state index in [1.165, 1.54) is 48.5 Å². The van der Waals surface area contributed by atoms with Gasteiger partial charge in [0.25, 0.3) is 0 Å². The van der Waals surface area contributed by atoms with Gasteiger partial charge in [-0.2, -0.15) is 0 Å². The van der Waals surface area contributed by atoms with E-state index in [9.17, 15) is 18.4 Å². The number of hydrogen-bond acceptors (Lipinski definition) is 5. The predicted octanol–water partition coefficient (Wildman–Crippen LogP) is 7.83. The van der Waals surface area contributed by atoms with Crippen LogP contribution in [-0.4, -0.2) is 24.1 Å². The Morgan fingerprint density at radius 1 is 0.703 bits per heavy atom. The zero-order valence-corrected chi connectivity index (χ0v) is 22.3. The van der Waals surface area contributed by atoms with Crippen molar-refractivity contribution in [1.29, 1.82) is 0 Å². The molecule has 0 amide bonds. The number of ether oxygens (including phenoxy) is 2. The van der Waals surface area contributed by atoms with Crippen LogP contribution in [0.2, 0.25) is 0 Å². The fourth-order valence-corrected chi connectivity index (χ4v) is 3.76. The lowest BCUT2D eigenvalue weighted by Crippen LogP contribution is -2.25. The van der Waals surface area contributed by atoms with Crippen LogP contribution in [0, 0.1) is 11.6 Å². The Hall–Kier alpha value is -3.58. The molecule has 37 heavy (non-hydrogen) atoms. The minimum atomic E-state index is -0.635. The second-order valence-electron chi connectivity index (χ2n) is 10.4. The van der Waals surface area contributed by atoms with Crippen molar-refractivity contribution < 1.29 is 27.8 Å². The minimum Gasteiger partial charge on any atom is -0.459 e. The maximum Gasteiger partial charge on any atom is 0.344 e.